The predicted octanol–water partition coefficient (Wildman–Crippen LogP) is 3.31. The minimum absolute atomic E-state index is 0.0696. The first-order chi connectivity index (χ1) is 27.4. The maximum absolute atomic E-state index is 14.3. The van der Waals surface area contributed by atoms with E-state index in [1.807, 2.05) is 41.5 Å². The molecule has 57 heavy (non-hydrogen) atoms. The van der Waals surface area contributed by atoms with E-state index in [0.29, 0.717) is 37.2 Å². The van der Waals surface area contributed by atoms with Gasteiger partial charge in [0.05, 0.1) is 38.2 Å². The van der Waals surface area contributed by atoms with E-state index < -0.39 is 11.2 Å². The number of piperidine rings is 1. The van der Waals surface area contributed by atoms with E-state index >= 15 is 0 Å². The molecule has 13 atom stereocenters. The first kappa shape index (κ1) is 42.1. The summed E-state index contributed by atoms with van der Waals surface area (Å²) in [6, 6.07) is 0.272. The van der Waals surface area contributed by atoms with Gasteiger partial charge in [0, 0.05) is 73.7 Å². The summed E-state index contributed by atoms with van der Waals surface area (Å²) in [5, 5.41) is 14.6. The van der Waals surface area contributed by atoms with E-state index in [1.54, 1.807) is 0 Å². The lowest BCUT2D eigenvalue weighted by molar-refractivity contribution is -0.706. The van der Waals surface area contributed by atoms with Crippen LogP contribution in [0.4, 0.5) is 0 Å². The van der Waals surface area contributed by atoms with Crippen molar-refractivity contribution >= 4 is 39.4 Å². The van der Waals surface area contributed by atoms with Gasteiger partial charge in [-0.25, -0.2) is 4.79 Å². The third-order valence-corrected chi connectivity index (χ3v) is 18.9. The molecule has 318 valence electrons. The number of fused-ring (bicyclic) bond motifs is 7. The highest BCUT2D eigenvalue weighted by molar-refractivity contribution is 8.76. The summed E-state index contributed by atoms with van der Waals surface area (Å²) < 4.78 is 20.9. The van der Waals surface area contributed by atoms with Gasteiger partial charge < -0.3 is 34.9 Å². The van der Waals surface area contributed by atoms with Gasteiger partial charge in [-0.2, -0.15) is 0 Å². The molecule has 0 aromatic rings. The quantitative estimate of drug-likeness (QED) is 0.130. The molecule has 13 heteroatoms. The Kier molecular flexibility index (Phi) is 12.6. The van der Waals surface area contributed by atoms with Crippen molar-refractivity contribution in [3.63, 3.8) is 0 Å². The molecule has 0 bridgehead atoms. The third kappa shape index (κ3) is 7.68. The Morgan fingerprint density at radius 3 is 2.68 bits per heavy atom. The van der Waals surface area contributed by atoms with Crippen LogP contribution < -0.4 is 16.4 Å². The molecule has 2 saturated carbocycles. The molecule has 13 unspecified atom stereocenters. The number of amides is 1. The van der Waals surface area contributed by atoms with Crippen molar-refractivity contribution < 1.29 is 44.3 Å². The number of aliphatic hydroxyl groups excluding tert-OH is 1. The summed E-state index contributed by atoms with van der Waals surface area (Å²) in [7, 11) is 5.90. The predicted molar refractivity (Wildman–Crippen MR) is 221 cm³/mol. The number of quaternary nitrogens is 2. The second-order valence-corrected chi connectivity index (χ2v) is 22.0. The minimum atomic E-state index is -0.960. The van der Waals surface area contributed by atoms with E-state index in [1.165, 1.54) is 12.0 Å². The van der Waals surface area contributed by atoms with Crippen LogP contribution >= 0.6 is 21.6 Å². The fraction of sp³-hybridized carbons (Fsp3) is 0.841. The number of carbonyl (C=O) groups is 3. The second-order valence-electron chi connectivity index (χ2n) is 19.5. The first-order valence-electron chi connectivity index (χ1n) is 22.4. The maximum Gasteiger partial charge on any atom is 0.334 e. The Morgan fingerprint density at radius 2 is 1.93 bits per heavy atom. The minimum Gasteiger partial charge on any atom is -0.462 e. The Bertz CT molecular complexity index is 1580. The van der Waals surface area contributed by atoms with Crippen molar-refractivity contribution in [1.82, 2.24) is 4.90 Å². The number of nitrogens with two attached hydrogens (primary N) is 3. The second kappa shape index (κ2) is 17.0. The van der Waals surface area contributed by atoms with Gasteiger partial charge in [0.1, 0.15) is 23.5 Å². The van der Waals surface area contributed by atoms with Crippen LogP contribution in [0.15, 0.2) is 23.3 Å². The molecule has 0 aromatic carbocycles. The number of rotatable bonds is 7. The number of hydrogen-bond donors (Lipinski definition) is 4. The zero-order valence-electron chi connectivity index (χ0n) is 34.8. The Morgan fingerprint density at radius 1 is 1.12 bits per heavy atom. The van der Waals surface area contributed by atoms with Crippen molar-refractivity contribution in [1.29, 1.82) is 0 Å². The Labute approximate surface area is 347 Å². The molecule has 3 aliphatic carbocycles. The molecule has 8 rings (SSSR count). The van der Waals surface area contributed by atoms with E-state index in [2.05, 4.69) is 35.6 Å². The molecule has 8 aliphatic rings. The number of allylic oxidation sites excluding steroid dienone is 1. The summed E-state index contributed by atoms with van der Waals surface area (Å²) in [6.45, 7) is 8.54. The first-order valence-corrected chi connectivity index (χ1v) is 24.9. The van der Waals surface area contributed by atoms with Crippen molar-refractivity contribution in [3.05, 3.63) is 23.3 Å². The lowest BCUT2D eigenvalue weighted by Gasteiger charge is -2.56. The normalized spacial score (nSPS) is 43.4. The van der Waals surface area contributed by atoms with Crippen LogP contribution in [0.3, 0.4) is 0 Å². The summed E-state index contributed by atoms with van der Waals surface area (Å²) in [6.07, 6.45) is 14.6. The Balaban J connectivity index is 1.15. The van der Waals surface area contributed by atoms with Crippen LogP contribution in [-0.4, -0.2) is 108 Å². The van der Waals surface area contributed by atoms with Crippen LogP contribution in [0.5, 0.6) is 0 Å². The monoisotopic (exact) mass is 830 g/mol. The Hall–Kier alpha value is -1.61. The highest BCUT2D eigenvalue weighted by Gasteiger charge is 2.68. The lowest BCUT2D eigenvalue weighted by atomic mass is 9.55. The fourth-order valence-corrected chi connectivity index (χ4v) is 15.8. The number of carbonyl (C=O) groups excluding carboxylic acids is 3. The van der Waals surface area contributed by atoms with Gasteiger partial charge in [-0.15, -0.1) is 0 Å². The number of esters is 2. The smallest absolute Gasteiger partial charge is 0.334 e. The van der Waals surface area contributed by atoms with Crippen LogP contribution in [0.25, 0.3) is 0 Å². The lowest BCUT2D eigenvalue weighted by Crippen LogP contribution is -2.96. The number of ether oxygens (including phenoxy) is 3. The maximum atomic E-state index is 14.3. The molecule has 0 radical (unpaired) electrons. The van der Waals surface area contributed by atoms with Crippen molar-refractivity contribution in [3.8, 4) is 0 Å². The summed E-state index contributed by atoms with van der Waals surface area (Å²) in [5.41, 5.74) is 6.79. The highest BCUT2D eigenvalue weighted by Crippen LogP contribution is 2.63. The van der Waals surface area contributed by atoms with E-state index in [4.69, 9.17) is 19.9 Å². The molecular formula is C44H70N4O7S2+2. The van der Waals surface area contributed by atoms with E-state index in [-0.39, 0.29) is 89.8 Å². The number of aliphatic hydroxyl groups is 1. The zero-order valence-corrected chi connectivity index (χ0v) is 36.5. The number of nitrogens with zero attached hydrogens (tertiary/aromatic N) is 1. The fourth-order valence-electron chi connectivity index (χ4n) is 13.3. The number of hydrogen-bond acceptors (Lipinski definition) is 10. The van der Waals surface area contributed by atoms with Gasteiger partial charge in [-0.05, 0) is 82.5 Å². The van der Waals surface area contributed by atoms with Crippen LogP contribution in [-0.2, 0) is 28.6 Å². The summed E-state index contributed by atoms with van der Waals surface area (Å²) in [4.78, 5) is 44.3. The molecule has 1 amide bonds. The van der Waals surface area contributed by atoms with E-state index in [9.17, 15) is 19.5 Å². The molecule has 5 saturated heterocycles. The molecule has 5 aliphatic heterocycles. The van der Waals surface area contributed by atoms with Crippen molar-refractivity contribution in [2.24, 2.45) is 52.6 Å². The molecular weight excluding hydrogens is 761 g/mol. The van der Waals surface area contributed by atoms with Crippen molar-refractivity contribution in [2.45, 2.75) is 140 Å². The van der Waals surface area contributed by atoms with Crippen LogP contribution in [0.2, 0.25) is 0 Å². The average Bonchev–Trinajstić information content (AvgIpc) is 3.56. The molecule has 1 spiro atoms. The van der Waals surface area contributed by atoms with Gasteiger partial charge in [0.25, 0.3) is 0 Å². The summed E-state index contributed by atoms with van der Waals surface area (Å²) >= 11 is 0. The van der Waals surface area contributed by atoms with Gasteiger partial charge >= 0.3 is 11.9 Å². The molecule has 0 aromatic heterocycles. The van der Waals surface area contributed by atoms with Gasteiger partial charge in [0.15, 0.2) is 0 Å². The topological polar surface area (TPSA) is 162 Å². The standard InChI is InChI=1S/C44H68N4O7S2/c1-5-26(2)40(51)55-42(3)12-9-27-24-56-57-25-34-31(21-46-4)23-48(34)38(50)17-30-22-47-37(45)18-32(30)39(27)44(42)20-29-15-28-16-33(41(52)53-35(28)19-36(29)54-44)43(13-14-49)10-7-6-8-11-43/h5,9,28-37,39,46-47,49H,6-8,10-25,45H2,1-4H3/p+2. The third-order valence-electron chi connectivity index (χ3n) is 16.5. The molecule has 7 fully saturated rings. The van der Waals surface area contributed by atoms with Gasteiger partial charge in [-0.3, -0.25) is 15.3 Å². The zero-order chi connectivity index (χ0) is 40.1. The van der Waals surface area contributed by atoms with Crippen LogP contribution in [0, 0.1) is 46.8 Å². The van der Waals surface area contributed by atoms with E-state index in [0.717, 1.165) is 82.5 Å². The average molecular weight is 831 g/mol. The molecule has 7 N–H and O–H groups in total. The SMILES string of the molecule is CC=C(C)C(=O)OC1(C)CC=C2CSSCC3C(C[NH2+]C)CN3C(=O)CC3C[NH2+]C(N)CC3C2C12CC1CC3CC(C4(CCO)CCCCC4)C(=O)OC3CC1O2. The molecule has 11 nitrogen and oxygen atoms in total. The van der Waals surface area contributed by atoms with Gasteiger partial charge in [0.2, 0.25) is 5.91 Å². The largest absolute Gasteiger partial charge is 0.462 e. The summed E-state index contributed by atoms with van der Waals surface area (Å²) in [5.74, 6) is 2.48. The van der Waals surface area contributed by atoms with Gasteiger partial charge in [-0.1, -0.05) is 58.6 Å². The van der Waals surface area contributed by atoms with Crippen molar-refractivity contribution in [2.75, 3.05) is 44.8 Å². The highest BCUT2D eigenvalue weighted by atomic mass is 33.1. The molecule has 5 heterocycles. The van der Waals surface area contributed by atoms with Crippen LogP contribution in [0.1, 0.15) is 104 Å².